The third-order valence-corrected chi connectivity index (χ3v) is 5.22. The van der Waals surface area contributed by atoms with Crippen LogP contribution in [-0.4, -0.2) is 16.6 Å². The number of hydrogen-bond donors (Lipinski definition) is 1. The van der Waals surface area contributed by atoms with Crippen LogP contribution in [-0.2, 0) is 4.79 Å². The summed E-state index contributed by atoms with van der Waals surface area (Å²) in [4.78, 5) is 17.3. The zero-order valence-corrected chi connectivity index (χ0v) is 13.9. The molecule has 0 aliphatic rings. The first-order chi connectivity index (χ1) is 11.2. The van der Waals surface area contributed by atoms with Crippen molar-refractivity contribution in [3.8, 4) is 0 Å². The van der Waals surface area contributed by atoms with E-state index < -0.39 is 0 Å². The molecule has 1 heterocycles. The Morgan fingerprint density at radius 3 is 2.74 bits per heavy atom. The fourth-order valence-electron chi connectivity index (χ4n) is 2.06. The largest absolute Gasteiger partial charge is 0.302 e. The molecule has 23 heavy (non-hydrogen) atoms. The molecule has 0 saturated carbocycles. The molecule has 2 aromatic carbocycles. The van der Waals surface area contributed by atoms with Gasteiger partial charge in [0.15, 0.2) is 5.13 Å². The molecule has 0 unspecified atom stereocenters. The van der Waals surface area contributed by atoms with Gasteiger partial charge in [-0.15, -0.1) is 11.8 Å². The van der Waals surface area contributed by atoms with E-state index >= 15 is 0 Å². The number of thioether (sulfide) groups is 1. The van der Waals surface area contributed by atoms with E-state index in [0.29, 0.717) is 11.6 Å². The number of amides is 1. The number of fused-ring (bicyclic) bond motifs is 1. The molecule has 3 rings (SSSR count). The van der Waals surface area contributed by atoms with Gasteiger partial charge >= 0.3 is 0 Å². The van der Waals surface area contributed by atoms with Gasteiger partial charge in [0, 0.05) is 11.3 Å². The molecule has 0 spiro atoms. The summed E-state index contributed by atoms with van der Waals surface area (Å²) in [5, 5.41) is 3.49. The molecule has 0 aliphatic heterocycles. The summed E-state index contributed by atoms with van der Waals surface area (Å²) in [5.74, 6) is 0.562. The highest BCUT2D eigenvalue weighted by atomic mass is 32.2. The normalized spacial score (nSPS) is 10.8. The van der Waals surface area contributed by atoms with Gasteiger partial charge in [-0.1, -0.05) is 23.5 Å². The molecule has 3 aromatic rings. The number of anilines is 1. The number of carbonyl (C=O) groups is 1. The van der Waals surface area contributed by atoms with Gasteiger partial charge in [0.25, 0.3) is 0 Å². The van der Waals surface area contributed by atoms with Crippen LogP contribution in [0.5, 0.6) is 0 Å². The summed E-state index contributed by atoms with van der Waals surface area (Å²) < 4.78 is 13.9. The zero-order chi connectivity index (χ0) is 16.1. The minimum Gasteiger partial charge on any atom is -0.302 e. The maximum absolute atomic E-state index is 12.8. The Morgan fingerprint density at radius 2 is 1.96 bits per heavy atom. The van der Waals surface area contributed by atoms with Crippen LogP contribution in [0.1, 0.15) is 12.8 Å². The molecule has 118 valence electrons. The summed E-state index contributed by atoms with van der Waals surface area (Å²) in [6, 6.07) is 14.2. The lowest BCUT2D eigenvalue weighted by molar-refractivity contribution is -0.116. The minimum absolute atomic E-state index is 0.0243. The fraction of sp³-hybridized carbons (Fsp3) is 0.176. The Kier molecular flexibility index (Phi) is 5.25. The van der Waals surface area contributed by atoms with Crippen LogP contribution < -0.4 is 5.32 Å². The van der Waals surface area contributed by atoms with Crippen LogP contribution in [0.15, 0.2) is 53.4 Å². The minimum atomic E-state index is -0.232. The molecule has 1 aromatic heterocycles. The number of nitrogens with one attached hydrogen (secondary N) is 1. The van der Waals surface area contributed by atoms with Crippen LogP contribution in [0.3, 0.4) is 0 Å². The van der Waals surface area contributed by atoms with Crippen molar-refractivity contribution < 1.29 is 9.18 Å². The van der Waals surface area contributed by atoms with Crippen molar-refractivity contribution in [2.75, 3.05) is 11.1 Å². The van der Waals surface area contributed by atoms with Crippen LogP contribution in [0, 0.1) is 5.82 Å². The molecule has 0 atom stereocenters. The monoisotopic (exact) mass is 346 g/mol. The van der Waals surface area contributed by atoms with Crippen LogP contribution in [0.25, 0.3) is 10.2 Å². The first-order valence-electron chi connectivity index (χ1n) is 7.24. The Balaban J connectivity index is 1.43. The predicted molar refractivity (Wildman–Crippen MR) is 94.6 cm³/mol. The molecule has 1 amide bonds. The smallest absolute Gasteiger partial charge is 0.226 e. The highest BCUT2D eigenvalue weighted by Gasteiger charge is 2.07. The van der Waals surface area contributed by atoms with Crippen molar-refractivity contribution in [3.63, 3.8) is 0 Å². The average Bonchev–Trinajstić information content (AvgIpc) is 2.95. The first-order valence-corrected chi connectivity index (χ1v) is 9.05. The lowest BCUT2D eigenvalue weighted by Crippen LogP contribution is -2.11. The molecule has 1 N–H and O–H groups in total. The van der Waals surface area contributed by atoms with Crippen molar-refractivity contribution >= 4 is 44.4 Å². The van der Waals surface area contributed by atoms with Gasteiger partial charge in [-0.2, -0.15) is 0 Å². The highest BCUT2D eigenvalue weighted by Crippen LogP contribution is 2.25. The Labute approximate surface area is 141 Å². The molecule has 0 aliphatic carbocycles. The SMILES string of the molecule is O=C(CCCSc1ccc(F)cc1)Nc1nc2ccccc2s1. The third-order valence-electron chi connectivity index (χ3n) is 3.17. The van der Waals surface area contributed by atoms with E-state index in [4.69, 9.17) is 0 Å². The topological polar surface area (TPSA) is 42.0 Å². The van der Waals surface area contributed by atoms with Crippen molar-refractivity contribution in [1.29, 1.82) is 0 Å². The second-order valence-electron chi connectivity index (χ2n) is 4.94. The molecule has 0 bridgehead atoms. The van der Waals surface area contributed by atoms with E-state index in [9.17, 15) is 9.18 Å². The van der Waals surface area contributed by atoms with E-state index in [1.54, 1.807) is 23.9 Å². The van der Waals surface area contributed by atoms with Gasteiger partial charge in [-0.05, 0) is 48.6 Å². The van der Waals surface area contributed by atoms with Crippen LogP contribution in [0.2, 0.25) is 0 Å². The van der Waals surface area contributed by atoms with Gasteiger partial charge in [-0.25, -0.2) is 9.37 Å². The zero-order valence-electron chi connectivity index (χ0n) is 12.3. The summed E-state index contributed by atoms with van der Waals surface area (Å²) >= 11 is 3.10. The molecule has 0 radical (unpaired) electrons. The average molecular weight is 346 g/mol. The van der Waals surface area contributed by atoms with E-state index in [2.05, 4.69) is 10.3 Å². The molecule has 0 fully saturated rings. The number of thiazole rings is 1. The number of nitrogens with zero attached hydrogens (tertiary/aromatic N) is 1. The maximum Gasteiger partial charge on any atom is 0.226 e. The summed E-state index contributed by atoms with van der Waals surface area (Å²) in [6.07, 6.45) is 1.21. The van der Waals surface area contributed by atoms with Crippen molar-refractivity contribution in [3.05, 3.63) is 54.3 Å². The van der Waals surface area contributed by atoms with E-state index in [1.807, 2.05) is 24.3 Å². The quantitative estimate of drug-likeness (QED) is 0.507. The van der Waals surface area contributed by atoms with Gasteiger partial charge < -0.3 is 5.32 Å². The molecule has 6 heteroatoms. The number of para-hydroxylation sites is 1. The fourth-order valence-corrected chi connectivity index (χ4v) is 3.80. The van der Waals surface area contributed by atoms with Crippen LogP contribution >= 0.6 is 23.1 Å². The van der Waals surface area contributed by atoms with E-state index in [0.717, 1.165) is 27.3 Å². The van der Waals surface area contributed by atoms with Crippen LogP contribution in [0.4, 0.5) is 9.52 Å². The van der Waals surface area contributed by atoms with Crippen molar-refractivity contribution in [2.45, 2.75) is 17.7 Å². The third kappa shape index (κ3) is 4.53. The summed E-state index contributed by atoms with van der Waals surface area (Å²) in [5.41, 5.74) is 0.902. The van der Waals surface area contributed by atoms with Crippen molar-refractivity contribution in [1.82, 2.24) is 4.98 Å². The number of aromatic nitrogens is 1. The lowest BCUT2D eigenvalue weighted by Gasteiger charge is -2.02. The number of rotatable bonds is 6. The number of hydrogen-bond acceptors (Lipinski definition) is 4. The van der Waals surface area contributed by atoms with Gasteiger partial charge in [0.05, 0.1) is 10.2 Å². The van der Waals surface area contributed by atoms with Gasteiger partial charge in [0.1, 0.15) is 5.82 Å². The second-order valence-corrected chi connectivity index (χ2v) is 7.14. The molecule has 0 saturated heterocycles. The van der Waals surface area contributed by atoms with Gasteiger partial charge in [-0.3, -0.25) is 4.79 Å². The Hall–Kier alpha value is -1.92. The standard InChI is InChI=1S/C17H15FN2OS2/c18-12-7-9-13(10-8-12)22-11-3-6-16(21)20-17-19-14-4-1-2-5-15(14)23-17/h1-2,4-5,7-10H,3,6,11H2,(H,19,20,21). The highest BCUT2D eigenvalue weighted by molar-refractivity contribution is 7.99. The van der Waals surface area contributed by atoms with E-state index in [-0.39, 0.29) is 11.7 Å². The maximum atomic E-state index is 12.8. The van der Waals surface area contributed by atoms with E-state index in [1.165, 1.54) is 23.5 Å². The summed E-state index contributed by atoms with van der Waals surface area (Å²) in [7, 11) is 0. The Bertz CT molecular complexity index is 769. The number of benzene rings is 2. The van der Waals surface area contributed by atoms with Gasteiger partial charge in [0.2, 0.25) is 5.91 Å². The van der Waals surface area contributed by atoms with Crippen molar-refractivity contribution in [2.24, 2.45) is 0 Å². The Morgan fingerprint density at radius 1 is 1.17 bits per heavy atom. The number of halogens is 1. The summed E-state index contributed by atoms with van der Waals surface area (Å²) in [6.45, 7) is 0. The first kappa shape index (κ1) is 16.0. The number of carbonyl (C=O) groups excluding carboxylic acids is 1. The lowest BCUT2D eigenvalue weighted by atomic mass is 10.3. The second kappa shape index (κ2) is 7.57. The predicted octanol–water partition coefficient (Wildman–Crippen LogP) is 4.95. The molecular formula is C17H15FN2OS2. The molecular weight excluding hydrogens is 331 g/mol. The molecule has 3 nitrogen and oxygen atoms in total.